The lowest BCUT2D eigenvalue weighted by molar-refractivity contribution is -0.115. The van der Waals surface area contributed by atoms with Gasteiger partial charge in [0.2, 0.25) is 0 Å². The number of amidine groups is 2. The number of primary amides is 1. The van der Waals surface area contributed by atoms with Crippen LogP contribution in [0, 0.1) is 11.8 Å². The Morgan fingerprint density at radius 3 is 2.32 bits per heavy atom. The van der Waals surface area contributed by atoms with Gasteiger partial charge in [-0.3, -0.25) is 9.79 Å². The van der Waals surface area contributed by atoms with Gasteiger partial charge in [-0.25, -0.2) is 4.99 Å². The molecule has 1 amide bonds. The predicted molar refractivity (Wildman–Crippen MR) is 136 cm³/mol. The first-order valence-electron chi connectivity index (χ1n) is 12.7. The summed E-state index contributed by atoms with van der Waals surface area (Å²) in [6.07, 6.45) is 12.7. The van der Waals surface area contributed by atoms with Crippen LogP contribution < -0.4 is 16.8 Å². The molecule has 4 aliphatic rings. The van der Waals surface area contributed by atoms with Gasteiger partial charge in [0.05, 0.1) is 18.8 Å². The van der Waals surface area contributed by atoms with Crippen molar-refractivity contribution in [3.8, 4) is 0 Å². The number of nitrogens with zero attached hydrogens (tertiary/aromatic N) is 3. The topological polar surface area (TPSA) is 109 Å². The molecule has 0 saturated heterocycles. The van der Waals surface area contributed by atoms with E-state index < -0.39 is 5.91 Å². The molecule has 0 bridgehead atoms. The summed E-state index contributed by atoms with van der Waals surface area (Å²) >= 11 is 6.06. The van der Waals surface area contributed by atoms with Gasteiger partial charge in [-0.15, -0.1) is 0 Å². The number of nitrogens with two attached hydrogens (primary N) is 2. The Labute approximate surface area is 206 Å². The Kier molecular flexibility index (Phi) is 6.93. The van der Waals surface area contributed by atoms with Crippen LogP contribution in [-0.2, 0) is 4.79 Å². The maximum absolute atomic E-state index is 12.0. The van der Waals surface area contributed by atoms with Crippen molar-refractivity contribution in [3.05, 3.63) is 46.7 Å². The molecular formula is C26H35ClN6O. The fourth-order valence-electron chi connectivity index (χ4n) is 5.97. The van der Waals surface area contributed by atoms with Crippen LogP contribution in [0.4, 0.5) is 0 Å². The Hall–Kier alpha value is -2.38. The van der Waals surface area contributed by atoms with Crippen LogP contribution in [0.5, 0.6) is 0 Å². The first-order valence-corrected chi connectivity index (χ1v) is 13.0. The lowest BCUT2D eigenvalue weighted by Crippen LogP contribution is -2.48. The third kappa shape index (κ3) is 5.15. The highest BCUT2D eigenvalue weighted by atomic mass is 35.5. The second kappa shape index (κ2) is 10.1. The average molecular weight is 483 g/mol. The summed E-state index contributed by atoms with van der Waals surface area (Å²) in [6.45, 7) is 0.560. The van der Waals surface area contributed by atoms with Crippen LogP contribution in [0.3, 0.4) is 0 Å². The van der Waals surface area contributed by atoms with Crippen molar-refractivity contribution in [1.29, 1.82) is 0 Å². The lowest BCUT2D eigenvalue weighted by Gasteiger charge is -2.35. The SMILES string of the molecule is NC(=O)C1=CN=C(NC2CCC(CC3CCC(N)CC3)CC2)C2=NC(c3ccc(Cl)cc3)CN12. The second-order valence-electron chi connectivity index (χ2n) is 10.4. The van der Waals surface area contributed by atoms with Gasteiger partial charge in [0.25, 0.3) is 5.91 Å². The van der Waals surface area contributed by atoms with E-state index in [1.807, 2.05) is 29.2 Å². The maximum Gasteiger partial charge on any atom is 0.266 e. The van der Waals surface area contributed by atoms with E-state index in [0.717, 1.165) is 36.1 Å². The highest BCUT2D eigenvalue weighted by Crippen LogP contribution is 2.36. The summed E-state index contributed by atoms with van der Waals surface area (Å²) in [4.78, 5) is 23.4. The van der Waals surface area contributed by atoms with Gasteiger partial charge in [-0.1, -0.05) is 23.7 Å². The van der Waals surface area contributed by atoms with Crippen LogP contribution >= 0.6 is 11.6 Å². The van der Waals surface area contributed by atoms with Crippen LogP contribution in [0.2, 0.25) is 5.02 Å². The highest BCUT2D eigenvalue weighted by Gasteiger charge is 2.36. The number of rotatable bonds is 5. The fraction of sp³-hybridized carbons (Fsp3) is 0.577. The Bertz CT molecular complexity index is 987. The largest absolute Gasteiger partial charge is 0.364 e. The van der Waals surface area contributed by atoms with E-state index in [-0.39, 0.29) is 6.04 Å². The molecule has 34 heavy (non-hydrogen) atoms. The number of nitrogens with one attached hydrogen (secondary N) is 1. The van der Waals surface area contributed by atoms with Gasteiger partial charge >= 0.3 is 0 Å². The van der Waals surface area contributed by atoms with Gasteiger partial charge in [0.15, 0.2) is 11.7 Å². The van der Waals surface area contributed by atoms with Gasteiger partial charge < -0.3 is 21.7 Å². The van der Waals surface area contributed by atoms with E-state index in [1.165, 1.54) is 44.9 Å². The zero-order chi connectivity index (χ0) is 23.7. The zero-order valence-electron chi connectivity index (χ0n) is 19.6. The Morgan fingerprint density at radius 1 is 1.03 bits per heavy atom. The van der Waals surface area contributed by atoms with Crippen molar-refractivity contribution in [2.45, 2.75) is 75.9 Å². The molecule has 1 aromatic carbocycles. The van der Waals surface area contributed by atoms with Crippen LogP contribution in [0.15, 0.2) is 46.1 Å². The van der Waals surface area contributed by atoms with Crippen LogP contribution in [0.1, 0.15) is 69.4 Å². The number of amides is 1. The molecule has 0 radical (unpaired) electrons. The standard InChI is InChI=1S/C26H35ClN6O/c27-19-7-5-18(6-8-19)22-15-33-23(24(29)34)14-30-25(26(33)32-22)31-21-11-3-17(4-12-21)13-16-1-9-20(28)10-2-16/h5-8,14,16-17,20-22H,1-4,9-13,15,28H2,(H2,29,34)(H,30,31). The molecule has 0 spiro atoms. The summed E-state index contributed by atoms with van der Waals surface area (Å²) in [7, 11) is 0. The van der Waals surface area contributed by atoms with E-state index in [9.17, 15) is 4.79 Å². The summed E-state index contributed by atoms with van der Waals surface area (Å²) in [6, 6.07) is 8.40. The minimum atomic E-state index is -0.489. The number of carbonyl (C=O) groups is 1. The molecule has 2 aliphatic carbocycles. The van der Waals surface area contributed by atoms with Crippen molar-refractivity contribution in [2.24, 2.45) is 33.3 Å². The summed E-state index contributed by atoms with van der Waals surface area (Å²) < 4.78 is 0. The first-order chi connectivity index (χ1) is 16.5. The molecule has 182 valence electrons. The number of carbonyl (C=O) groups excluding carboxylic acids is 1. The molecule has 7 nitrogen and oxygen atoms in total. The number of hydrogen-bond acceptors (Lipinski definition) is 6. The highest BCUT2D eigenvalue weighted by molar-refractivity contribution is 6.42. The van der Waals surface area contributed by atoms with Crippen molar-refractivity contribution >= 4 is 29.2 Å². The number of benzene rings is 1. The predicted octanol–water partition coefficient (Wildman–Crippen LogP) is 3.89. The van der Waals surface area contributed by atoms with Crippen molar-refractivity contribution in [2.75, 3.05) is 6.54 Å². The molecular weight excluding hydrogens is 448 g/mol. The molecule has 2 saturated carbocycles. The van der Waals surface area contributed by atoms with Crippen molar-refractivity contribution in [1.82, 2.24) is 10.2 Å². The number of halogens is 1. The number of fused-ring (bicyclic) bond motifs is 1. The number of aliphatic imine (C=N–C) groups is 2. The molecule has 1 atom stereocenters. The van der Waals surface area contributed by atoms with Gasteiger partial charge in [-0.05, 0) is 87.3 Å². The minimum absolute atomic E-state index is 0.0977. The average Bonchev–Trinajstić information content (AvgIpc) is 3.28. The molecule has 1 unspecified atom stereocenters. The molecule has 5 rings (SSSR count). The van der Waals surface area contributed by atoms with E-state index in [4.69, 9.17) is 28.1 Å². The van der Waals surface area contributed by atoms with Crippen molar-refractivity contribution in [3.63, 3.8) is 0 Å². The molecule has 2 fully saturated rings. The lowest BCUT2D eigenvalue weighted by atomic mass is 9.76. The smallest absolute Gasteiger partial charge is 0.266 e. The summed E-state index contributed by atoms with van der Waals surface area (Å²) in [5, 5.41) is 4.33. The van der Waals surface area contributed by atoms with E-state index in [0.29, 0.717) is 35.2 Å². The Balaban J connectivity index is 1.23. The molecule has 2 heterocycles. The zero-order valence-corrected chi connectivity index (χ0v) is 20.4. The van der Waals surface area contributed by atoms with Crippen LogP contribution in [-0.4, -0.2) is 41.1 Å². The maximum atomic E-state index is 12.0. The fourth-order valence-corrected chi connectivity index (χ4v) is 6.09. The molecule has 5 N–H and O–H groups in total. The summed E-state index contributed by atoms with van der Waals surface area (Å²) in [5.74, 6) is 2.64. The molecule has 8 heteroatoms. The molecule has 0 aromatic heterocycles. The molecule has 2 aliphatic heterocycles. The monoisotopic (exact) mass is 482 g/mol. The van der Waals surface area contributed by atoms with Crippen molar-refractivity contribution < 1.29 is 4.79 Å². The van der Waals surface area contributed by atoms with Crippen LogP contribution in [0.25, 0.3) is 0 Å². The van der Waals surface area contributed by atoms with Gasteiger partial charge in [0.1, 0.15) is 5.70 Å². The first kappa shape index (κ1) is 23.4. The minimum Gasteiger partial charge on any atom is -0.364 e. The van der Waals surface area contributed by atoms with Gasteiger partial charge in [0, 0.05) is 17.1 Å². The van der Waals surface area contributed by atoms with E-state index >= 15 is 0 Å². The second-order valence-corrected chi connectivity index (χ2v) is 10.8. The summed E-state index contributed by atoms with van der Waals surface area (Å²) in [5.41, 5.74) is 13.2. The third-order valence-electron chi connectivity index (χ3n) is 7.96. The van der Waals surface area contributed by atoms with E-state index in [2.05, 4.69) is 10.3 Å². The Morgan fingerprint density at radius 2 is 1.68 bits per heavy atom. The van der Waals surface area contributed by atoms with E-state index in [1.54, 1.807) is 6.20 Å². The molecule has 1 aromatic rings. The number of hydrogen-bond donors (Lipinski definition) is 3. The third-order valence-corrected chi connectivity index (χ3v) is 8.21. The normalized spacial score (nSPS) is 31.3. The quantitative estimate of drug-likeness (QED) is 0.591. The van der Waals surface area contributed by atoms with Gasteiger partial charge in [-0.2, -0.15) is 0 Å².